The zero-order chi connectivity index (χ0) is 18.5. The number of ether oxygens (including phenoxy) is 2. The molecule has 0 atom stereocenters. The van der Waals surface area contributed by atoms with Crippen LogP contribution < -0.4 is 0 Å². The van der Waals surface area contributed by atoms with Gasteiger partial charge in [-0.1, -0.05) is 6.08 Å². The first-order chi connectivity index (χ1) is 11.7. The van der Waals surface area contributed by atoms with E-state index in [1.807, 2.05) is 38.7 Å². The molecule has 5 nitrogen and oxygen atoms in total. The van der Waals surface area contributed by atoms with Crippen molar-refractivity contribution in [3.05, 3.63) is 12.2 Å². The highest BCUT2D eigenvalue weighted by atomic mass is 16.6. The van der Waals surface area contributed by atoms with Crippen molar-refractivity contribution in [2.75, 3.05) is 19.7 Å². The lowest BCUT2D eigenvalue weighted by Gasteiger charge is -2.45. The Bertz CT molecular complexity index is 488. The van der Waals surface area contributed by atoms with Crippen LogP contribution in [0, 0.1) is 11.3 Å². The largest absolute Gasteiger partial charge is 0.463 e. The van der Waals surface area contributed by atoms with E-state index in [0.29, 0.717) is 17.9 Å². The molecule has 1 amide bonds. The zero-order valence-corrected chi connectivity index (χ0v) is 16.2. The molecule has 0 aromatic rings. The minimum absolute atomic E-state index is 0.187. The lowest BCUT2D eigenvalue weighted by atomic mass is 9.65. The molecule has 1 aliphatic carbocycles. The Labute approximate surface area is 151 Å². The van der Waals surface area contributed by atoms with Gasteiger partial charge in [0.25, 0.3) is 0 Å². The van der Waals surface area contributed by atoms with E-state index >= 15 is 0 Å². The monoisotopic (exact) mass is 351 g/mol. The van der Waals surface area contributed by atoms with E-state index in [1.165, 1.54) is 12.8 Å². The minimum Gasteiger partial charge on any atom is -0.463 e. The van der Waals surface area contributed by atoms with Crippen molar-refractivity contribution in [1.82, 2.24) is 4.90 Å². The van der Waals surface area contributed by atoms with Crippen LogP contribution in [0.2, 0.25) is 0 Å². The van der Waals surface area contributed by atoms with Crippen LogP contribution in [0.4, 0.5) is 4.79 Å². The SMILES string of the molecule is CCOC(=O)/C=C/C1CCC2(CC1)CCN(C(=O)OC(C)(C)C)CC2. The molecule has 0 radical (unpaired) electrons. The fourth-order valence-electron chi connectivity index (χ4n) is 3.84. The van der Waals surface area contributed by atoms with Crippen molar-refractivity contribution in [3.63, 3.8) is 0 Å². The summed E-state index contributed by atoms with van der Waals surface area (Å²) in [5, 5.41) is 0. The van der Waals surface area contributed by atoms with Crippen LogP contribution >= 0.6 is 0 Å². The predicted molar refractivity (Wildman–Crippen MR) is 97.2 cm³/mol. The Balaban J connectivity index is 1.77. The molecule has 0 unspecified atom stereocenters. The van der Waals surface area contributed by atoms with E-state index in [0.717, 1.165) is 38.8 Å². The number of hydrogen-bond acceptors (Lipinski definition) is 4. The molecule has 5 heteroatoms. The molecule has 0 aromatic heterocycles. The van der Waals surface area contributed by atoms with Crippen LogP contribution in [-0.4, -0.2) is 42.3 Å². The quantitative estimate of drug-likeness (QED) is 0.561. The molecule has 1 spiro atoms. The number of hydrogen-bond donors (Lipinski definition) is 0. The maximum atomic E-state index is 12.2. The predicted octanol–water partition coefficient (Wildman–Crippen LogP) is 4.31. The molecule has 2 aliphatic rings. The number of esters is 1. The number of allylic oxidation sites excluding steroid dienone is 1. The molecule has 0 N–H and O–H groups in total. The number of nitrogens with zero attached hydrogens (tertiary/aromatic N) is 1. The van der Waals surface area contributed by atoms with Crippen LogP contribution in [0.15, 0.2) is 12.2 Å². The number of carbonyl (C=O) groups is 2. The van der Waals surface area contributed by atoms with Crippen LogP contribution in [-0.2, 0) is 14.3 Å². The zero-order valence-electron chi connectivity index (χ0n) is 16.2. The van der Waals surface area contributed by atoms with E-state index < -0.39 is 5.60 Å². The number of rotatable bonds is 3. The average molecular weight is 351 g/mol. The van der Waals surface area contributed by atoms with Crippen molar-refractivity contribution in [2.24, 2.45) is 11.3 Å². The van der Waals surface area contributed by atoms with Gasteiger partial charge in [0.05, 0.1) is 6.61 Å². The van der Waals surface area contributed by atoms with Gasteiger partial charge in [-0.15, -0.1) is 0 Å². The molecule has 142 valence electrons. The van der Waals surface area contributed by atoms with Crippen LogP contribution in [0.1, 0.15) is 66.2 Å². The van der Waals surface area contributed by atoms with Gasteiger partial charge in [0.2, 0.25) is 0 Å². The smallest absolute Gasteiger partial charge is 0.410 e. The number of carbonyl (C=O) groups excluding carboxylic acids is 2. The third kappa shape index (κ3) is 6.05. The Morgan fingerprint density at radius 2 is 1.72 bits per heavy atom. The van der Waals surface area contributed by atoms with Gasteiger partial charge in [-0.3, -0.25) is 0 Å². The molecular weight excluding hydrogens is 318 g/mol. The second kappa shape index (κ2) is 8.24. The van der Waals surface area contributed by atoms with Crippen molar-refractivity contribution in [1.29, 1.82) is 0 Å². The Morgan fingerprint density at radius 3 is 2.24 bits per heavy atom. The molecule has 25 heavy (non-hydrogen) atoms. The van der Waals surface area contributed by atoms with Gasteiger partial charge in [0, 0.05) is 19.2 Å². The topological polar surface area (TPSA) is 55.8 Å². The summed E-state index contributed by atoms with van der Waals surface area (Å²) >= 11 is 0. The Morgan fingerprint density at radius 1 is 1.12 bits per heavy atom. The maximum absolute atomic E-state index is 12.2. The van der Waals surface area contributed by atoms with Gasteiger partial charge in [-0.25, -0.2) is 9.59 Å². The Hall–Kier alpha value is -1.52. The summed E-state index contributed by atoms with van der Waals surface area (Å²) in [7, 11) is 0. The van der Waals surface area contributed by atoms with E-state index in [2.05, 4.69) is 0 Å². The van der Waals surface area contributed by atoms with Crippen molar-refractivity contribution < 1.29 is 19.1 Å². The summed E-state index contributed by atoms with van der Waals surface area (Å²) in [4.78, 5) is 25.5. The minimum atomic E-state index is -0.435. The molecule has 0 aromatic carbocycles. The highest BCUT2D eigenvalue weighted by Crippen LogP contribution is 2.46. The number of likely N-dealkylation sites (tertiary alicyclic amines) is 1. The second-order valence-electron chi connectivity index (χ2n) is 8.42. The van der Waals surface area contributed by atoms with E-state index in [9.17, 15) is 9.59 Å². The van der Waals surface area contributed by atoms with Crippen molar-refractivity contribution in [2.45, 2.75) is 71.8 Å². The maximum Gasteiger partial charge on any atom is 0.410 e. The van der Waals surface area contributed by atoms with E-state index in [1.54, 1.807) is 6.08 Å². The summed E-state index contributed by atoms with van der Waals surface area (Å²) in [5.41, 5.74) is -0.0671. The fraction of sp³-hybridized carbons (Fsp3) is 0.800. The third-order valence-electron chi connectivity index (χ3n) is 5.36. The standard InChI is InChI=1S/C20H33NO4/c1-5-24-17(22)7-6-16-8-10-20(11-9-16)12-14-21(15-13-20)18(23)25-19(2,3)4/h6-7,16H,5,8-15H2,1-4H3/b7-6+. The summed E-state index contributed by atoms with van der Waals surface area (Å²) in [6.07, 6.45) is 10.1. The molecule has 1 saturated heterocycles. The van der Waals surface area contributed by atoms with Gasteiger partial charge < -0.3 is 14.4 Å². The highest BCUT2D eigenvalue weighted by Gasteiger charge is 2.39. The van der Waals surface area contributed by atoms with Crippen LogP contribution in [0.3, 0.4) is 0 Å². The van der Waals surface area contributed by atoms with Gasteiger partial charge in [-0.05, 0) is 77.6 Å². The van der Waals surface area contributed by atoms with Crippen LogP contribution in [0.5, 0.6) is 0 Å². The molecule has 1 heterocycles. The summed E-state index contributed by atoms with van der Waals surface area (Å²) < 4.78 is 10.4. The van der Waals surface area contributed by atoms with Gasteiger partial charge in [0.1, 0.15) is 5.60 Å². The third-order valence-corrected chi connectivity index (χ3v) is 5.36. The molecule has 1 saturated carbocycles. The first kappa shape index (κ1) is 19.8. The highest BCUT2D eigenvalue weighted by molar-refractivity contribution is 5.81. The molecular formula is C20H33NO4. The first-order valence-electron chi connectivity index (χ1n) is 9.56. The van der Waals surface area contributed by atoms with Crippen molar-refractivity contribution >= 4 is 12.1 Å². The van der Waals surface area contributed by atoms with Gasteiger partial charge >= 0.3 is 12.1 Å². The molecule has 2 rings (SSSR count). The number of amides is 1. The van der Waals surface area contributed by atoms with Crippen LogP contribution in [0.25, 0.3) is 0 Å². The normalized spacial score (nSPS) is 21.5. The van der Waals surface area contributed by atoms with Gasteiger partial charge in [-0.2, -0.15) is 0 Å². The van der Waals surface area contributed by atoms with Crippen molar-refractivity contribution in [3.8, 4) is 0 Å². The lowest BCUT2D eigenvalue weighted by molar-refractivity contribution is -0.137. The number of piperidine rings is 1. The summed E-state index contributed by atoms with van der Waals surface area (Å²) in [6.45, 7) is 9.53. The second-order valence-corrected chi connectivity index (χ2v) is 8.42. The van der Waals surface area contributed by atoms with Gasteiger partial charge in [0.15, 0.2) is 0 Å². The summed E-state index contributed by atoms with van der Waals surface area (Å²) in [6, 6.07) is 0. The van der Waals surface area contributed by atoms with E-state index in [-0.39, 0.29) is 12.1 Å². The summed E-state index contributed by atoms with van der Waals surface area (Å²) in [5.74, 6) is 0.229. The lowest BCUT2D eigenvalue weighted by Crippen LogP contribution is -2.46. The fourth-order valence-corrected chi connectivity index (χ4v) is 3.84. The average Bonchev–Trinajstić information content (AvgIpc) is 2.54. The first-order valence-corrected chi connectivity index (χ1v) is 9.56. The molecule has 0 bridgehead atoms. The Kier molecular flexibility index (Phi) is 6.53. The molecule has 1 aliphatic heterocycles. The molecule has 2 fully saturated rings. The van der Waals surface area contributed by atoms with E-state index in [4.69, 9.17) is 9.47 Å².